The maximum atomic E-state index is 12.2. The van der Waals surface area contributed by atoms with Crippen LogP contribution in [0.2, 0.25) is 5.02 Å². The van der Waals surface area contributed by atoms with Gasteiger partial charge >= 0.3 is 0 Å². The minimum Gasteiger partial charge on any atom is -0.295 e. The molecule has 0 aromatic heterocycles. The third-order valence-electron chi connectivity index (χ3n) is 2.96. The average Bonchev–Trinajstić information content (AvgIpc) is 2.41. The zero-order chi connectivity index (χ0) is 14.5. The van der Waals surface area contributed by atoms with Crippen molar-refractivity contribution in [3.05, 3.63) is 69.2 Å². The predicted molar refractivity (Wildman–Crippen MR) is 86.3 cm³/mol. The van der Waals surface area contributed by atoms with E-state index in [-0.39, 0.29) is 5.78 Å². The molecule has 0 spiro atoms. The smallest absolute Gasteiger partial charge is 0.176 e. The molecule has 104 valence electrons. The molecular weight excluding hydrogens is 338 g/mol. The Morgan fingerprint density at radius 1 is 1.20 bits per heavy atom. The van der Waals surface area contributed by atoms with Gasteiger partial charge in [-0.1, -0.05) is 57.9 Å². The lowest BCUT2D eigenvalue weighted by atomic mass is 10.1. The molecule has 0 amide bonds. The maximum absolute atomic E-state index is 12.2. The van der Waals surface area contributed by atoms with Crippen molar-refractivity contribution in [3.8, 4) is 0 Å². The van der Waals surface area contributed by atoms with Gasteiger partial charge in [-0.15, -0.1) is 0 Å². The molecular formula is C16H15BrClNO. The van der Waals surface area contributed by atoms with Crippen LogP contribution >= 0.6 is 27.5 Å². The molecule has 0 aliphatic carbocycles. The highest BCUT2D eigenvalue weighted by molar-refractivity contribution is 9.10. The van der Waals surface area contributed by atoms with Gasteiger partial charge in [-0.3, -0.25) is 9.69 Å². The van der Waals surface area contributed by atoms with Crippen molar-refractivity contribution in [2.45, 2.75) is 6.54 Å². The van der Waals surface area contributed by atoms with Crippen LogP contribution in [0.3, 0.4) is 0 Å². The molecule has 2 aromatic rings. The fourth-order valence-electron chi connectivity index (χ4n) is 1.97. The van der Waals surface area contributed by atoms with E-state index in [9.17, 15) is 4.79 Å². The predicted octanol–water partition coefficient (Wildman–Crippen LogP) is 4.42. The number of Topliss-reactive ketones (excluding diaryl/α,β-unsaturated/α-hetero) is 1. The minimum absolute atomic E-state index is 0.0713. The molecule has 4 heteroatoms. The summed E-state index contributed by atoms with van der Waals surface area (Å²) in [5, 5.41) is 0.587. The number of carbonyl (C=O) groups is 1. The molecule has 0 aliphatic rings. The van der Waals surface area contributed by atoms with Crippen molar-refractivity contribution in [2.75, 3.05) is 13.6 Å². The molecule has 0 aliphatic heterocycles. The van der Waals surface area contributed by atoms with Gasteiger partial charge in [0.25, 0.3) is 0 Å². The lowest BCUT2D eigenvalue weighted by Crippen LogP contribution is -2.25. The molecule has 0 unspecified atom stereocenters. The van der Waals surface area contributed by atoms with Gasteiger partial charge in [-0.2, -0.15) is 0 Å². The Balaban J connectivity index is 2.00. The summed E-state index contributed by atoms with van der Waals surface area (Å²) in [4.78, 5) is 14.2. The molecule has 0 saturated heterocycles. The molecule has 0 heterocycles. The molecule has 0 fully saturated rings. The van der Waals surface area contributed by atoms with Gasteiger partial charge < -0.3 is 0 Å². The first-order chi connectivity index (χ1) is 9.56. The Morgan fingerprint density at radius 2 is 1.95 bits per heavy atom. The summed E-state index contributed by atoms with van der Waals surface area (Å²) >= 11 is 9.42. The van der Waals surface area contributed by atoms with Gasteiger partial charge in [0.1, 0.15) is 0 Å². The van der Waals surface area contributed by atoms with Gasteiger partial charge in [-0.25, -0.2) is 0 Å². The number of benzene rings is 2. The van der Waals surface area contributed by atoms with E-state index >= 15 is 0 Å². The van der Waals surface area contributed by atoms with Crippen LogP contribution in [-0.2, 0) is 6.54 Å². The summed E-state index contributed by atoms with van der Waals surface area (Å²) in [5.74, 6) is 0.0713. The summed E-state index contributed by atoms with van der Waals surface area (Å²) in [7, 11) is 1.93. The number of rotatable bonds is 5. The molecule has 2 nitrogen and oxygen atoms in total. The number of halogens is 2. The van der Waals surface area contributed by atoms with Crippen LogP contribution in [0.25, 0.3) is 0 Å². The maximum Gasteiger partial charge on any atom is 0.176 e. The van der Waals surface area contributed by atoms with E-state index in [0.717, 1.165) is 10.0 Å². The van der Waals surface area contributed by atoms with Crippen LogP contribution in [0, 0.1) is 0 Å². The van der Waals surface area contributed by atoms with Gasteiger partial charge in [0, 0.05) is 21.6 Å². The highest BCUT2D eigenvalue weighted by atomic mass is 79.9. The number of nitrogens with zero attached hydrogens (tertiary/aromatic N) is 1. The van der Waals surface area contributed by atoms with E-state index in [4.69, 9.17) is 11.6 Å². The van der Waals surface area contributed by atoms with Crippen molar-refractivity contribution in [2.24, 2.45) is 0 Å². The van der Waals surface area contributed by atoms with Crippen LogP contribution < -0.4 is 0 Å². The zero-order valence-corrected chi connectivity index (χ0v) is 13.5. The van der Waals surface area contributed by atoms with Crippen molar-refractivity contribution in [3.63, 3.8) is 0 Å². The molecule has 0 atom stereocenters. The normalized spacial score (nSPS) is 10.8. The quantitative estimate of drug-likeness (QED) is 0.743. The van der Waals surface area contributed by atoms with Crippen molar-refractivity contribution in [1.82, 2.24) is 4.90 Å². The number of hydrogen-bond donors (Lipinski definition) is 0. The lowest BCUT2D eigenvalue weighted by Gasteiger charge is -2.16. The molecule has 0 saturated carbocycles. The Kier molecular flexibility index (Phi) is 5.35. The second-order valence-corrected chi connectivity index (χ2v) is 5.99. The van der Waals surface area contributed by atoms with Gasteiger partial charge in [0.05, 0.1) is 6.54 Å². The second-order valence-electron chi connectivity index (χ2n) is 4.70. The van der Waals surface area contributed by atoms with E-state index in [1.807, 2.05) is 36.2 Å². The fourth-order valence-corrected chi connectivity index (χ4v) is 2.57. The van der Waals surface area contributed by atoms with E-state index in [1.54, 1.807) is 24.3 Å². The van der Waals surface area contributed by atoms with E-state index in [1.165, 1.54) is 0 Å². The first-order valence-corrected chi connectivity index (χ1v) is 7.44. The van der Waals surface area contributed by atoms with Crippen LogP contribution in [0.1, 0.15) is 15.9 Å². The fraction of sp³-hybridized carbons (Fsp3) is 0.188. The van der Waals surface area contributed by atoms with Gasteiger partial charge in [0.15, 0.2) is 5.78 Å². The monoisotopic (exact) mass is 351 g/mol. The minimum atomic E-state index is 0.0713. The average molecular weight is 353 g/mol. The summed E-state index contributed by atoms with van der Waals surface area (Å²) < 4.78 is 1.06. The number of likely N-dealkylation sites (N-methyl/N-ethyl adjacent to an activating group) is 1. The van der Waals surface area contributed by atoms with Crippen molar-refractivity contribution < 1.29 is 4.79 Å². The van der Waals surface area contributed by atoms with Gasteiger partial charge in [-0.05, 0) is 30.8 Å². The lowest BCUT2D eigenvalue weighted by molar-refractivity contribution is 0.0943. The Hall–Kier alpha value is -1.16. The second kappa shape index (κ2) is 7.02. The molecule has 2 aromatic carbocycles. The summed E-state index contributed by atoms with van der Waals surface area (Å²) in [6.07, 6.45) is 0. The van der Waals surface area contributed by atoms with E-state index < -0.39 is 0 Å². The third-order valence-corrected chi connectivity index (χ3v) is 3.97. The summed E-state index contributed by atoms with van der Waals surface area (Å²) in [5.41, 5.74) is 1.81. The summed E-state index contributed by atoms with van der Waals surface area (Å²) in [6.45, 7) is 1.08. The standard InChI is InChI=1S/C16H15BrClNO/c1-19(10-13-5-2-3-8-15(13)17)11-16(20)12-6-4-7-14(18)9-12/h2-9H,10-11H2,1H3. The van der Waals surface area contributed by atoms with Crippen LogP contribution in [0.15, 0.2) is 53.0 Å². The van der Waals surface area contributed by atoms with E-state index in [2.05, 4.69) is 15.9 Å². The molecule has 20 heavy (non-hydrogen) atoms. The zero-order valence-electron chi connectivity index (χ0n) is 11.1. The Bertz CT molecular complexity index is 615. The Labute approximate surface area is 132 Å². The Morgan fingerprint density at radius 3 is 2.65 bits per heavy atom. The van der Waals surface area contributed by atoms with Crippen LogP contribution in [-0.4, -0.2) is 24.3 Å². The largest absolute Gasteiger partial charge is 0.295 e. The van der Waals surface area contributed by atoms with Crippen molar-refractivity contribution in [1.29, 1.82) is 0 Å². The highest BCUT2D eigenvalue weighted by Crippen LogP contribution is 2.17. The highest BCUT2D eigenvalue weighted by Gasteiger charge is 2.11. The molecule has 0 N–H and O–H groups in total. The van der Waals surface area contributed by atoms with Crippen LogP contribution in [0.4, 0.5) is 0 Å². The van der Waals surface area contributed by atoms with Gasteiger partial charge in [0.2, 0.25) is 0 Å². The molecule has 0 radical (unpaired) electrons. The SMILES string of the molecule is CN(CC(=O)c1cccc(Cl)c1)Cc1ccccc1Br. The third kappa shape index (κ3) is 4.17. The summed E-state index contributed by atoms with van der Waals surface area (Å²) in [6, 6.07) is 15.1. The number of ketones is 1. The number of hydrogen-bond acceptors (Lipinski definition) is 2. The molecule has 0 bridgehead atoms. The topological polar surface area (TPSA) is 20.3 Å². The van der Waals surface area contributed by atoms with Crippen molar-refractivity contribution >= 4 is 33.3 Å². The van der Waals surface area contributed by atoms with Crippen LogP contribution in [0.5, 0.6) is 0 Å². The number of carbonyl (C=O) groups excluding carboxylic acids is 1. The molecule has 2 rings (SSSR count). The first-order valence-electron chi connectivity index (χ1n) is 6.27. The van der Waals surface area contributed by atoms with E-state index in [0.29, 0.717) is 23.7 Å². The first kappa shape index (κ1) is 15.2.